The van der Waals surface area contributed by atoms with Crippen LogP contribution in [0.5, 0.6) is 0 Å². The molecule has 4 rings (SSSR count). The van der Waals surface area contributed by atoms with Crippen LogP contribution >= 0.6 is 11.6 Å². The maximum absolute atomic E-state index is 13.1. The van der Waals surface area contributed by atoms with Gasteiger partial charge in [-0.3, -0.25) is 4.57 Å². The number of aromatic nitrogens is 4. The number of nitrogens with zero attached hydrogens (tertiary/aromatic N) is 3. The highest BCUT2D eigenvalue weighted by Crippen LogP contribution is 2.38. The fourth-order valence-electron chi connectivity index (χ4n) is 2.65. The van der Waals surface area contributed by atoms with E-state index in [1.54, 1.807) is 35.0 Å². The minimum atomic E-state index is -4.55. The molecule has 0 fully saturated rings. The maximum atomic E-state index is 13.1. The van der Waals surface area contributed by atoms with Crippen molar-refractivity contribution in [1.82, 2.24) is 19.5 Å². The van der Waals surface area contributed by atoms with Crippen LogP contribution in [-0.4, -0.2) is 19.5 Å². The Morgan fingerprint density at radius 3 is 2.72 bits per heavy atom. The van der Waals surface area contributed by atoms with Crippen molar-refractivity contribution in [3.63, 3.8) is 0 Å². The molecule has 8 heteroatoms. The highest BCUT2D eigenvalue weighted by atomic mass is 35.5. The van der Waals surface area contributed by atoms with Crippen LogP contribution < -0.4 is 0 Å². The van der Waals surface area contributed by atoms with Crippen LogP contribution in [0.2, 0.25) is 5.02 Å². The van der Waals surface area contributed by atoms with Crippen molar-refractivity contribution < 1.29 is 13.2 Å². The van der Waals surface area contributed by atoms with Crippen LogP contribution in [0.3, 0.4) is 0 Å². The van der Waals surface area contributed by atoms with Gasteiger partial charge in [0.05, 0.1) is 27.9 Å². The molecule has 0 aliphatic rings. The molecule has 125 valence electrons. The average Bonchev–Trinajstić information content (AvgIpc) is 3.21. The van der Waals surface area contributed by atoms with Crippen molar-refractivity contribution in [1.29, 1.82) is 0 Å². The van der Waals surface area contributed by atoms with Crippen LogP contribution in [0.1, 0.15) is 5.56 Å². The lowest BCUT2D eigenvalue weighted by molar-refractivity contribution is -0.137. The number of H-pyrrole nitrogens is 1. The molecular weight excluding hydrogens is 353 g/mol. The normalized spacial score (nSPS) is 12.0. The summed E-state index contributed by atoms with van der Waals surface area (Å²) in [5.74, 6) is 0.409. The van der Waals surface area contributed by atoms with Crippen molar-refractivity contribution in [2.45, 2.75) is 6.18 Å². The van der Waals surface area contributed by atoms with Gasteiger partial charge in [0.15, 0.2) is 5.82 Å². The Balaban J connectivity index is 2.07. The fourth-order valence-corrected chi connectivity index (χ4v) is 2.92. The van der Waals surface area contributed by atoms with Gasteiger partial charge in [-0.1, -0.05) is 23.7 Å². The van der Waals surface area contributed by atoms with E-state index in [1.165, 1.54) is 12.4 Å². The van der Waals surface area contributed by atoms with E-state index in [0.29, 0.717) is 22.7 Å². The van der Waals surface area contributed by atoms with E-state index in [1.807, 2.05) is 0 Å². The number of benzene rings is 2. The molecule has 0 aliphatic carbocycles. The molecule has 0 bridgehead atoms. The average molecular weight is 362 g/mol. The van der Waals surface area contributed by atoms with Crippen molar-refractivity contribution in [2.75, 3.05) is 0 Å². The monoisotopic (exact) mass is 361 g/mol. The molecule has 0 saturated heterocycles. The van der Waals surface area contributed by atoms with Crippen LogP contribution in [-0.2, 0) is 6.18 Å². The lowest BCUT2D eigenvalue weighted by Gasteiger charge is -2.10. The summed E-state index contributed by atoms with van der Waals surface area (Å²) in [6.45, 7) is 0. The van der Waals surface area contributed by atoms with Crippen LogP contribution in [0.15, 0.2) is 48.9 Å². The molecule has 2 aromatic carbocycles. The Hall–Kier alpha value is -2.80. The zero-order valence-electron chi connectivity index (χ0n) is 12.5. The molecule has 0 unspecified atom stereocenters. The molecule has 4 aromatic rings. The van der Waals surface area contributed by atoms with Crippen molar-refractivity contribution in [2.24, 2.45) is 0 Å². The van der Waals surface area contributed by atoms with E-state index in [-0.39, 0.29) is 10.5 Å². The fraction of sp³-hybridized carbons (Fsp3) is 0.0588. The van der Waals surface area contributed by atoms with E-state index in [9.17, 15) is 13.2 Å². The topological polar surface area (TPSA) is 46.5 Å². The number of imidazole rings is 2. The van der Waals surface area contributed by atoms with Gasteiger partial charge in [0.2, 0.25) is 0 Å². The summed E-state index contributed by atoms with van der Waals surface area (Å²) in [7, 11) is 0. The molecule has 4 nitrogen and oxygen atoms in total. The molecule has 0 aliphatic heterocycles. The van der Waals surface area contributed by atoms with Gasteiger partial charge in [-0.15, -0.1) is 0 Å². The number of hydrogen-bond donors (Lipinski definition) is 1. The molecule has 0 atom stereocenters. The standard InChI is InChI=1S/C17H9ClF3N4/c18-12-7-15-13(6-11(12)17(19,20)21)24-16(14-8-22-9-23-14)25(15)10-4-2-1-3-5-10/h1-2,4-9H,(H,22,23). The van der Waals surface area contributed by atoms with E-state index < -0.39 is 11.7 Å². The summed E-state index contributed by atoms with van der Waals surface area (Å²) in [5, 5.41) is -0.380. The first kappa shape index (κ1) is 15.7. The quantitative estimate of drug-likeness (QED) is 0.552. The Bertz CT molecular complexity index is 1040. The highest BCUT2D eigenvalue weighted by Gasteiger charge is 2.34. The van der Waals surface area contributed by atoms with Gasteiger partial charge in [0.1, 0.15) is 5.69 Å². The van der Waals surface area contributed by atoms with Gasteiger partial charge in [-0.25, -0.2) is 9.97 Å². The second-order valence-corrected chi connectivity index (χ2v) is 5.71. The molecule has 1 radical (unpaired) electrons. The van der Waals surface area contributed by atoms with Crippen molar-refractivity contribution in [3.05, 3.63) is 65.6 Å². The minimum absolute atomic E-state index is 0.179. The molecular formula is C17H9ClF3N4. The van der Waals surface area contributed by atoms with Gasteiger partial charge < -0.3 is 4.98 Å². The number of fused-ring (bicyclic) bond motifs is 1. The molecule has 2 aromatic heterocycles. The Labute approximate surface area is 144 Å². The summed E-state index contributed by atoms with van der Waals surface area (Å²) in [6, 6.07) is 12.2. The van der Waals surface area contributed by atoms with Gasteiger partial charge in [0.25, 0.3) is 0 Å². The first-order chi connectivity index (χ1) is 11.9. The van der Waals surface area contributed by atoms with E-state index in [4.69, 9.17) is 11.6 Å². The molecule has 25 heavy (non-hydrogen) atoms. The molecule has 0 spiro atoms. The minimum Gasteiger partial charge on any atom is -0.350 e. The number of nitrogens with one attached hydrogen (secondary N) is 1. The summed E-state index contributed by atoms with van der Waals surface area (Å²) >= 11 is 5.89. The summed E-state index contributed by atoms with van der Waals surface area (Å²) in [5.41, 5.74) is 0.914. The highest BCUT2D eigenvalue weighted by molar-refractivity contribution is 6.32. The zero-order chi connectivity index (χ0) is 17.6. The van der Waals surface area contributed by atoms with Crippen LogP contribution in [0, 0.1) is 6.07 Å². The maximum Gasteiger partial charge on any atom is 0.417 e. The number of aromatic amines is 1. The molecule has 2 heterocycles. The third-order valence-corrected chi connectivity index (χ3v) is 4.04. The Kier molecular flexibility index (Phi) is 3.54. The second-order valence-electron chi connectivity index (χ2n) is 5.31. The number of halogens is 4. The smallest absolute Gasteiger partial charge is 0.350 e. The number of alkyl halides is 3. The molecule has 0 amide bonds. The number of rotatable bonds is 2. The van der Waals surface area contributed by atoms with Gasteiger partial charge in [-0.2, -0.15) is 13.2 Å². The molecule has 0 saturated carbocycles. The van der Waals surface area contributed by atoms with Gasteiger partial charge in [0, 0.05) is 11.9 Å². The Morgan fingerprint density at radius 2 is 2.08 bits per heavy atom. The zero-order valence-corrected chi connectivity index (χ0v) is 13.2. The van der Waals surface area contributed by atoms with Gasteiger partial charge >= 0.3 is 6.18 Å². The lowest BCUT2D eigenvalue weighted by Crippen LogP contribution is -2.06. The lowest BCUT2D eigenvalue weighted by atomic mass is 10.2. The van der Waals surface area contributed by atoms with Crippen LogP contribution in [0.4, 0.5) is 13.2 Å². The molecule has 1 N–H and O–H groups in total. The summed E-state index contributed by atoms with van der Waals surface area (Å²) in [4.78, 5) is 11.3. The summed E-state index contributed by atoms with van der Waals surface area (Å²) in [6.07, 6.45) is -1.46. The third kappa shape index (κ3) is 2.66. The predicted octanol–water partition coefficient (Wildman–Crippen LogP) is 4.89. The summed E-state index contributed by atoms with van der Waals surface area (Å²) < 4.78 is 41.1. The first-order valence-corrected chi connectivity index (χ1v) is 7.58. The Morgan fingerprint density at radius 1 is 1.24 bits per heavy atom. The van der Waals surface area contributed by atoms with E-state index in [2.05, 4.69) is 21.0 Å². The first-order valence-electron chi connectivity index (χ1n) is 7.20. The van der Waals surface area contributed by atoms with Gasteiger partial charge in [-0.05, 0) is 30.3 Å². The largest absolute Gasteiger partial charge is 0.417 e. The number of hydrogen-bond acceptors (Lipinski definition) is 2. The predicted molar refractivity (Wildman–Crippen MR) is 87.5 cm³/mol. The SMILES string of the molecule is FC(F)(F)c1cc2nc(-c3c[nH]cn3)n(-c3c[c]ccc3)c2cc1Cl. The van der Waals surface area contributed by atoms with Crippen molar-refractivity contribution in [3.8, 4) is 17.2 Å². The van der Waals surface area contributed by atoms with Crippen molar-refractivity contribution >= 4 is 22.6 Å². The van der Waals surface area contributed by atoms with E-state index in [0.717, 1.165) is 6.07 Å². The third-order valence-electron chi connectivity index (χ3n) is 3.72. The van der Waals surface area contributed by atoms with Crippen LogP contribution in [0.25, 0.3) is 28.2 Å². The van der Waals surface area contributed by atoms with E-state index >= 15 is 0 Å². The second kappa shape index (κ2) is 5.63.